The van der Waals surface area contributed by atoms with Gasteiger partial charge < -0.3 is 10.6 Å². The molecule has 0 saturated heterocycles. The van der Waals surface area contributed by atoms with Crippen LogP contribution in [0.2, 0.25) is 0 Å². The molecule has 3 heteroatoms. The predicted octanol–water partition coefficient (Wildman–Crippen LogP) is 2.42. The molecule has 1 aromatic carbocycles. The molecule has 2 N–H and O–H groups in total. The van der Waals surface area contributed by atoms with E-state index in [9.17, 15) is 4.79 Å². The largest absolute Gasteiger partial charge is 0.341 e. The summed E-state index contributed by atoms with van der Waals surface area (Å²) >= 11 is 0. The van der Waals surface area contributed by atoms with E-state index >= 15 is 0 Å². The van der Waals surface area contributed by atoms with Crippen LogP contribution in [0.1, 0.15) is 41.8 Å². The zero-order chi connectivity index (χ0) is 15.1. The second-order valence-electron chi connectivity index (χ2n) is 5.25. The molecule has 20 heavy (non-hydrogen) atoms. The van der Waals surface area contributed by atoms with Gasteiger partial charge in [-0.3, -0.25) is 4.79 Å². The number of carbonyl (C=O) groups excluding carboxylic acids is 1. The van der Waals surface area contributed by atoms with Crippen molar-refractivity contribution in [3.8, 4) is 11.8 Å². The summed E-state index contributed by atoms with van der Waals surface area (Å²) in [5.41, 5.74) is 7.88. The maximum atomic E-state index is 12.6. The van der Waals surface area contributed by atoms with E-state index < -0.39 is 0 Å². The number of carbonyl (C=O) groups is 1. The van der Waals surface area contributed by atoms with Crippen LogP contribution in [0.15, 0.2) is 18.2 Å². The summed E-state index contributed by atoms with van der Waals surface area (Å²) in [4.78, 5) is 14.3. The quantitative estimate of drug-likeness (QED) is 0.856. The Morgan fingerprint density at radius 1 is 1.45 bits per heavy atom. The molecule has 0 spiro atoms. The summed E-state index contributed by atoms with van der Waals surface area (Å²) in [7, 11) is 1.84. The van der Waals surface area contributed by atoms with E-state index in [0.717, 1.165) is 24.1 Å². The third kappa shape index (κ3) is 4.40. The Morgan fingerprint density at radius 3 is 2.75 bits per heavy atom. The Labute approximate surface area is 122 Å². The van der Waals surface area contributed by atoms with E-state index in [2.05, 4.69) is 25.7 Å². The molecule has 1 unspecified atom stereocenters. The highest BCUT2D eigenvalue weighted by molar-refractivity contribution is 5.96. The van der Waals surface area contributed by atoms with Gasteiger partial charge in [0.15, 0.2) is 0 Å². The molecule has 0 aliphatic rings. The van der Waals surface area contributed by atoms with Crippen LogP contribution in [0.5, 0.6) is 0 Å². The lowest BCUT2D eigenvalue weighted by molar-refractivity contribution is 0.0774. The lowest BCUT2D eigenvalue weighted by Gasteiger charge is -2.21. The van der Waals surface area contributed by atoms with Gasteiger partial charge in [0.2, 0.25) is 0 Å². The average molecular weight is 272 g/mol. The van der Waals surface area contributed by atoms with Gasteiger partial charge >= 0.3 is 0 Å². The topological polar surface area (TPSA) is 46.3 Å². The summed E-state index contributed by atoms with van der Waals surface area (Å²) in [6.07, 6.45) is 1.06. The van der Waals surface area contributed by atoms with Gasteiger partial charge in [0, 0.05) is 19.2 Å². The van der Waals surface area contributed by atoms with Crippen molar-refractivity contribution in [2.45, 2.75) is 27.2 Å². The molecule has 0 bridgehead atoms. The molecule has 0 aromatic heterocycles. The molecule has 0 heterocycles. The minimum Gasteiger partial charge on any atom is -0.341 e. The van der Waals surface area contributed by atoms with Crippen molar-refractivity contribution in [3.05, 3.63) is 34.9 Å². The molecular weight excluding hydrogens is 248 g/mol. The number of hydrogen-bond acceptors (Lipinski definition) is 2. The number of aryl methyl sites for hydroxylation is 1. The predicted molar refractivity (Wildman–Crippen MR) is 83.5 cm³/mol. The second kappa shape index (κ2) is 7.72. The molecule has 0 fully saturated rings. The van der Waals surface area contributed by atoms with E-state index in [1.54, 1.807) is 4.90 Å². The van der Waals surface area contributed by atoms with Crippen molar-refractivity contribution in [2.24, 2.45) is 11.7 Å². The lowest BCUT2D eigenvalue weighted by Crippen LogP contribution is -2.31. The number of benzene rings is 1. The average Bonchev–Trinajstić information content (AvgIpc) is 2.44. The van der Waals surface area contributed by atoms with Crippen molar-refractivity contribution in [3.63, 3.8) is 0 Å². The van der Waals surface area contributed by atoms with Gasteiger partial charge in [0.1, 0.15) is 0 Å². The number of hydrogen-bond donors (Lipinski definition) is 1. The van der Waals surface area contributed by atoms with E-state index in [1.165, 1.54) is 0 Å². The van der Waals surface area contributed by atoms with E-state index in [0.29, 0.717) is 18.0 Å². The third-order valence-corrected chi connectivity index (χ3v) is 3.36. The van der Waals surface area contributed by atoms with Gasteiger partial charge in [-0.1, -0.05) is 43.7 Å². The lowest BCUT2D eigenvalue weighted by atomic mass is 10.0. The van der Waals surface area contributed by atoms with E-state index in [4.69, 9.17) is 5.73 Å². The van der Waals surface area contributed by atoms with Crippen molar-refractivity contribution < 1.29 is 4.79 Å². The monoisotopic (exact) mass is 272 g/mol. The van der Waals surface area contributed by atoms with Gasteiger partial charge in [0.05, 0.1) is 12.1 Å². The van der Waals surface area contributed by atoms with Gasteiger partial charge in [-0.2, -0.15) is 0 Å². The van der Waals surface area contributed by atoms with Crippen LogP contribution in [0.3, 0.4) is 0 Å². The molecule has 1 aromatic rings. The fourth-order valence-electron chi connectivity index (χ4n) is 1.98. The summed E-state index contributed by atoms with van der Waals surface area (Å²) in [5, 5.41) is 0. The molecule has 1 amide bonds. The Kier molecular flexibility index (Phi) is 6.27. The zero-order valence-corrected chi connectivity index (χ0v) is 12.9. The summed E-state index contributed by atoms with van der Waals surface area (Å²) < 4.78 is 0. The van der Waals surface area contributed by atoms with Gasteiger partial charge in [-0.15, -0.1) is 0 Å². The van der Waals surface area contributed by atoms with Crippen LogP contribution in [-0.4, -0.2) is 30.9 Å². The van der Waals surface area contributed by atoms with E-state index in [1.807, 2.05) is 32.2 Å². The first-order valence-corrected chi connectivity index (χ1v) is 7.04. The maximum absolute atomic E-state index is 12.6. The second-order valence-corrected chi connectivity index (χ2v) is 5.25. The summed E-state index contributed by atoms with van der Waals surface area (Å²) in [6.45, 7) is 7.31. The van der Waals surface area contributed by atoms with Crippen molar-refractivity contribution in [1.82, 2.24) is 4.90 Å². The van der Waals surface area contributed by atoms with Gasteiger partial charge in [0.25, 0.3) is 5.91 Å². The Morgan fingerprint density at radius 2 is 2.15 bits per heavy atom. The fourth-order valence-corrected chi connectivity index (χ4v) is 1.98. The highest BCUT2D eigenvalue weighted by Crippen LogP contribution is 2.14. The number of rotatable bonds is 4. The minimum absolute atomic E-state index is 0.0234. The number of nitrogens with two attached hydrogens (primary N) is 1. The van der Waals surface area contributed by atoms with Crippen LogP contribution in [0.4, 0.5) is 0 Å². The first kappa shape index (κ1) is 16.3. The summed E-state index contributed by atoms with van der Waals surface area (Å²) in [6, 6.07) is 5.75. The molecule has 3 nitrogen and oxygen atoms in total. The number of nitrogens with zero attached hydrogens (tertiary/aromatic N) is 1. The Bertz CT molecular complexity index is 526. The molecular formula is C17H24N2O. The summed E-state index contributed by atoms with van der Waals surface area (Å²) in [5.74, 6) is 6.31. The third-order valence-electron chi connectivity index (χ3n) is 3.36. The first-order chi connectivity index (χ1) is 9.49. The molecule has 108 valence electrons. The number of amides is 1. The van der Waals surface area contributed by atoms with Crippen molar-refractivity contribution in [2.75, 3.05) is 20.1 Å². The smallest absolute Gasteiger partial charge is 0.254 e. The Balaban J connectivity index is 3.04. The molecule has 0 saturated carbocycles. The Hall–Kier alpha value is -1.79. The van der Waals surface area contributed by atoms with Crippen LogP contribution < -0.4 is 5.73 Å². The normalized spacial score (nSPS) is 11.4. The van der Waals surface area contributed by atoms with Crippen LogP contribution >= 0.6 is 0 Å². The highest BCUT2D eigenvalue weighted by atomic mass is 16.2. The molecule has 0 aliphatic heterocycles. The first-order valence-electron chi connectivity index (χ1n) is 7.04. The molecule has 1 rings (SSSR count). The molecule has 0 radical (unpaired) electrons. The molecule has 0 aliphatic carbocycles. The van der Waals surface area contributed by atoms with Crippen LogP contribution in [-0.2, 0) is 0 Å². The van der Waals surface area contributed by atoms with Crippen LogP contribution in [0.25, 0.3) is 0 Å². The fraction of sp³-hybridized carbons (Fsp3) is 0.471. The SMILES string of the molecule is CCC(C)CN(C)C(=O)c1cc(C)ccc1C#CCN. The minimum atomic E-state index is 0.0234. The van der Waals surface area contributed by atoms with Crippen molar-refractivity contribution in [1.29, 1.82) is 0 Å². The maximum Gasteiger partial charge on any atom is 0.254 e. The van der Waals surface area contributed by atoms with Gasteiger partial charge in [-0.05, 0) is 25.0 Å². The van der Waals surface area contributed by atoms with E-state index in [-0.39, 0.29) is 5.91 Å². The zero-order valence-electron chi connectivity index (χ0n) is 12.9. The molecule has 1 atom stereocenters. The van der Waals surface area contributed by atoms with Crippen molar-refractivity contribution >= 4 is 5.91 Å². The van der Waals surface area contributed by atoms with Crippen LogP contribution in [0, 0.1) is 24.7 Å². The highest BCUT2D eigenvalue weighted by Gasteiger charge is 2.16. The van der Waals surface area contributed by atoms with Gasteiger partial charge in [-0.25, -0.2) is 0 Å². The standard InChI is InChI=1S/C17H24N2O/c1-5-13(2)12-19(4)17(20)16-11-14(3)8-9-15(16)7-6-10-18/h8-9,11,13H,5,10,12,18H2,1-4H3.